The number of aliphatic carboxylic acids is 2. The van der Waals surface area contributed by atoms with Crippen LogP contribution in [0.3, 0.4) is 0 Å². The van der Waals surface area contributed by atoms with Crippen molar-refractivity contribution in [1.82, 2.24) is 16.0 Å². The third kappa shape index (κ3) is 10.9. The number of nitrogens with one attached hydrogen (secondary N) is 3. The molecule has 0 aromatic heterocycles. The number of primary amides is 1. The number of carboxylic acid groups (broad SMARTS) is 2. The lowest BCUT2D eigenvalue weighted by atomic mass is 10.0. The minimum Gasteiger partial charge on any atom is -0.481 e. The second-order valence-corrected chi connectivity index (χ2v) is 7.97. The standard InChI is InChI=1S/C21H29N5O8S/c22-12(9-17(28)29)18(30)26-15(10-35)20(32)25-14(8-11-4-2-1-3-5-11)19(31)24-13(21(33)34)6-7-16(23)27/h1-5,12-15,35H,6-10,22H2,(H2,23,27)(H,24,31)(H,25,32)(H,26,30)(H,28,29)(H,33,34). The van der Waals surface area contributed by atoms with Crippen molar-refractivity contribution in [2.75, 3.05) is 5.75 Å². The van der Waals surface area contributed by atoms with E-state index < -0.39 is 66.2 Å². The summed E-state index contributed by atoms with van der Waals surface area (Å²) in [6.07, 6.45) is -1.21. The summed E-state index contributed by atoms with van der Waals surface area (Å²) in [7, 11) is 0. The zero-order chi connectivity index (χ0) is 26.5. The number of carboxylic acids is 2. The van der Waals surface area contributed by atoms with E-state index in [4.69, 9.17) is 16.6 Å². The monoisotopic (exact) mass is 511 g/mol. The number of rotatable bonds is 15. The first-order valence-corrected chi connectivity index (χ1v) is 11.1. The Morgan fingerprint density at radius 2 is 1.40 bits per heavy atom. The minimum atomic E-state index is -1.43. The predicted molar refractivity (Wildman–Crippen MR) is 126 cm³/mol. The van der Waals surface area contributed by atoms with Crippen molar-refractivity contribution in [3.63, 3.8) is 0 Å². The van der Waals surface area contributed by atoms with Crippen molar-refractivity contribution in [2.45, 2.75) is 49.9 Å². The second kappa shape index (κ2) is 14.6. The molecule has 0 fully saturated rings. The smallest absolute Gasteiger partial charge is 0.326 e. The topological polar surface area (TPSA) is 231 Å². The Morgan fingerprint density at radius 3 is 1.91 bits per heavy atom. The van der Waals surface area contributed by atoms with Gasteiger partial charge in [-0.15, -0.1) is 0 Å². The molecule has 0 aliphatic carbocycles. The van der Waals surface area contributed by atoms with Gasteiger partial charge in [0.1, 0.15) is 18.1 Å². The molecule has 13 nitrogen and oxygen atoms in total. The van der Waals surface area contributed by atoms with Crippen molar-refractivity contribution in [3.05, 3.63) is 35.9 Å². The molecule has 4 unspecified atom stereocenters. The van der Waals surface area contributed by atoms with Gasteiger partial charge < -0.3 is 37.6 Å². The molecular formula is C21H29N5O8S. The van der Waals surface area contributed by atoms with Gasteiger partial charge in [0.05, 0.1) is 12.5 Å². The summed E-state index contributed by atoms with van der Waals surface area (Å²) in [6, 6.07) is 3.18. The Balaban J connectivity index is 3.01. The molecule has 0 heterocycles. The molecule has 0 aliphatic heterocycles. The van der Waals surface area contributed by atoms with Crippen LogP contribution in [0.4, 0.5) is 0 Å². The maximum Gasteiger partial charge on any atom is 0.326 e. The molecule has 1 aromatic rings. The third-order valence-corrected chi connectivity index (χ3v) is 5.12. The van der Waals surface area contributed by atoms with E-state index in [0.717, 1.165) is 0 Å². The zero-order valence-electron chi connectivity index (χ0n) is 18.7. The van der Waals surface area contributed by atoms with Crippen LogP contribution in [0.1, 0.15) is 24.8 Å². The average Bonchev–Trinajstić information content (AvgIpc) is 2.79. The molecule has 14 heteroatoms. The first kappa shape index (κ1) is 29.4. The van der Waals surface area contributed by atoms with E-state index in [1.165, 1.54) is 0 Å². The number of benzene rings is 1. The highest BCUT2D eigenvalue weighted by Gasteiger charge is 2.30. The van der Waals surface area contributed by atoms with Crippen molar-refractivity contribution in [2.24, 2.45) is 11.5 Å². The Kier molecular flexibility index (Phi) is 12.2. The van der Waals surface area contributed by atoms with E-state index in [0.29, 0.717) is 5.56 Å². The number of hydrogen-bond donors (Lipinski definition) is 8. The summed E-state index contributed by atoms with van der Waals surface area (Å²) in [4.78, 5) is 71.1. The van der Waals surface area contributed by atoms with E-state index in [-0.39, 0.29) is 25.0 Å². The van der Waals surface area contributed by atoms with Crippen LogP contribution in [0.5, 0.6) is 0 Å². The molecule has 0 aliphatic rings. The lowest BCUT2D eigenvalue weighted by Gasteiger charge is -2.24. The highest BCUT2D eigenvalue weighted by molar-refractivity contribution is 7.80. The number of carbonyl (C=O) groups excluding carboxylic acids is 4. The van der Waals surface area contributed by atoms with Gasteiger partial charge in [0, 0.05) is 18.6 Å². The number of amides is 4. The number of thiol groups is 1. The van der Waals surface area contributed by atoms with Gasteiger partial charge in [0.25, 0.3) is 0 Å². The first-order valence-electron chi connectivity index (χ1n) is 10.5. The fourth-order valence-corrected chi connectivity index (χ4v) is 3.16. The van der Waals surface area contributed by atoms with Crippen LogP contribution in [0.2, 0.25) is 0 Å². The van der Waals surface area contributed by atoms with Gasteiger partial charge in [0.15, 0.2) is 0 Å². The molecule has 4 atom stereocenters. The molecule has 1 rings (SSSR count). The SMILES string of the molecule is NC(=O)CCC(NC(=O)C(Cc1ccccc1)NC(=O)C(CS)NC(=O)C(N)CC(=O)O)C(=O)O. The van der Waals surface area contributed by atoms with Gasteiger partial charge in [0.2, 0.25) is 23.6 Å². The van der Waals surface area contributed by atoms with Gasteiger partial charge in [-0.3, -0.25) is 24.0 Å². The van der Waals surface area contributed by atoms with Gasteiger partial charge in [-0.05, 0) is 12.0 Å². The summed E-state index contributed by atoms with van der Waals surface area (Å²) in [5, 5.41) is 25.1. The highest BCUT2D eigenvalue weighted by atomic mass is 32.1. The van der Waals surface area contributed by atoms with Crippen LogP contribution in [-0.4, -0.2) is 75.7 Å². The number of carbonyl (C=O) groups is 6. The van der Waals surface area contributed by atoms with Crippen molar-refractivity contribution in [3.8, 4) is 0 Å². The van der Waals surface area contributed by atoms with Crippen molar-refractivity contribution < 1.29 is 39.0 Å². The maximum absolute atomic E-state index is 12.9. The van der Waals surface area contributed by atoms with E-state index in [9.17, 15) is 33.9 Å². The summed E-state index contributed by atoms with van der Waals surface area (Å²) in [6.45, 7) is 0. The van der Waals surface area contributed by atoms with Crippen LogP contribution in [-0.2, 0) is 35.2 Å². The van der Waals surface area contributed by atoms with Crippen LogP contribution in [0.25, 0.3) is 0 Å². The summed E-state index contributed by atoms with van der Waals surface area (Å²) >= 11 is 4.02. The van der Waals surface area contributed by atoms with Gasteiger partial charge in [-0.2, -0.15) is 12.6 Å². The Morgan fingerprint density at radius 1 is 0.857 bits per heavy atom. The van der Waals surface area contributed by atoms with Crippen molar-refractivity contribution in [1.29, 1.82) is 0 Å². The number of hydrogen-bond acceptors (Lipinski definition) is 8. The van der Waals surface area contributed by atoms with Crippen molar-refractivity contribution >= 4 is 48.2 Å². The second-order valence-electron chi connectivity index (χ2n) is 7.60. The minimum absolute atomic E-state index is 0.0215. The summed E-state index contributed by atoms with van der Waals surface area (Å²) in [5.74, 6) is -6.20. The van der Waals surface area contributed by atoms with E-state index in [1.54, 1.807) is 30.3 Å². The molecule has 9 N–H and O–H groups in total. The van der Waals surface area contributed by atoms with Gasteiger partial charge in [-0.1, -0.05) is 30.3 Å². The first-order chi connectivity index (χ1) is 16.4. The van der Waals surface area contributed by atoms with Crippen LogP contribution >= 0.6 is 12.6 Å². The fraction of sp³-hybridized carbons (Fsp3) is 0.429. The normalized spacial score (nSPS) is 14.0. The Hall–Kier alpha value is -3.65. The van der Waals surface area contributed by atoms with Crippen LogP contribution in [0.15, 0.2) is 30.3 Å². The molecular weight excluding hydrogens is 482 g/mol. The maximum atomic E-state index is 12.9. The quantitative estimate of drug-likeness (QED) is 0.119. The Bertz CT molecular complexity index is 930. The average molecular weight is 512 g/mol. The molecule has 1 aromatic carbocycles. The number of nitrogens with two attached hydrogens (primary N) is 2. The molecule has 0 saturated carbocycles. The van der Waals surface area contributed by atoms with E-state index in [1.807, 2.05) is 0 Å². The molecule has 4 amide bonds. The molecule has 0 spiro atoms. The molecule has 35 heavy (non-hydrogen) atoms. The van der Waals surface area contributed by atoms with Gasteiger partial charge in [-0.25, -0.2) is 4.79 Å². The largest absolute Gasteiger partial charge is 0.481 e. The third-order valence-electron chi connectivity index (χ3n) is 4.76. The lowest BCUT2D eigenvalue weighted by molar-refractivity contribution is -0.142. The molecule has 0 radical (unpaired) electrons. The summed E-state index contributed by atoms with van der Waals surface area (Å²) in [5.41, 5.74) is 11.2. The highest BCUT2D eigenvalue weighted by Crippen LogP contribution is 2.06. The summed E-state index contributed by atoms with van der Waals surface area (Å²) < 4.78 is 0. The lowest BCUT2D eigenvalue weighted by Crippen LogP contribution is -2.58. The van der Waals surface area contributed by atoms with E-state index in [2.05, 4.69) is 28.6 Å². The zero-order valence-corrected chi connectivity index (χ0v) is 19.6. The van der Waals surface area contributed by atoms with E-state index >= 15 is 0 Å². The van der Waals surface area contributed by atoms with Gasteiger partial charge >= 0.3 is 11.9 Å². The molecule has 192 valence electrons. The fourth-order valence-electron chi connectivity index (χ4n) is 2.90. The molecule has 0 bridgehead atoms. The Labute approximate surface area is 206 Å². The van der Waals surface area contributed by atoms with Crippen LogP contribution in [0, 0.1) is 0 Å². The van der Waals surface area contributed by atoms with Crippen LogP contribution < -0.4 is 27.4 Å². The predicted octanol–water partition coefficient (Wildman–Crippen LogP) is -2.23. The molecule has 0 saturated heterocycles.